The molecule has 4 heteroatoms. The Morgan fingerprint density at radius 2 is 1.95 bits per heavy atom. The number of esters is 1. The lowest BCUT2D eigenvalue weighted by molar-refractivity contribution is -0.152. The molecular weight excluding hydrogens is 281 g/mol. The Morgan fingerprint density at radius 3 is 2.45 bits per heavy atom. The Bertz CT molecular complexity index is 578. The molecule has 0 saturated heterocycles. The molecule has 0 radical (unpaired) electrons. The van der Waals surface area contributed by atoms with E-state index in [1.54, 1.807) is 62.3 Å². The highest BCUT2D eigenvalue weighted by Gasteiger charge is 2.28. The lowest BCUT2D eigenvalue weighted by atomic mass is 10.1. The van der Waals surface area contributed by atoms with Crippen LogP contribution < -0.4 is 0 Å². The molecule has 22 heavy (non-hydrogen) atoms. The van der Waals surface area contributed by atoms with E-state index in [0.29, 0.717) is 0 Å². The van der Waals surface area contributed by atoms with Crippen molar-refractivity contribution in [2.24, 2.45) is 0 Å². The monoisotopic (exact) mass is 303 g/mol. The zero-order valence-electron chi connectivity index (χ0n) is 13.3. The summed E-state index contributed by atoms with van der Waals surface area (Å²) in [6, 6.07) is 5.38. The molecule has 0 bridgehead atoms. The van der Waals surface area contributed by atoms with Crippen molar-refractivity contribution < 1.29 is 13.9 Å². The average molecular weight is 303 g/mol. The van der Waals surface area contributed by atoms with Gasteiger partial charge in [0.25, 0.3) is 0 Å². The predicted molar refractivity (Wildman–Crippen MR) is 86.9 cm³/mol. The summed E-state index contributed by atoms with van der Waals surface area (Å²) >= 11 is 0. The summed E-state index contributed by atoms with van der Waals surface area (Å²) in [6.45, 7) is 9.03. The van der Waals surface area contributed by atoms with Gasteiger partial charge in [0.2, 0.25) is 0 Å². The fourth-order valence-electron chi connectivity index (χ4n) is 2.13. The topological polar surface area (TPSA) is 29.5 Å². The van der Waals surface area contributed by atoms with E-state index >= 15 is 0 Å². The van der Waals surface area contributed by atoms with Gasteiger partial charge in [0.15, 0.2) is 0 Å². The number of allylic oxidation sites excluding steroid dienone is 2. The van der Waals surface area contributed by atoms with Crippen LogP contribution in [0.15, 0.2) is 61.2 Å². The molecule has 0 saturated carbocycles. The standard InChI is InChI=1S/C18H22FNO2/c1-6-10-14(7-2)13(3)22-18(21)17(20(4)5)15-11-8-9-12-16(15)19/h6-13,17H,1-2H2,3-5H3/b14-10+. The number of likely N-dealkylation sites (N-methyl/N-ethyl adjacent to an activating group) is 1. The molecule has 3 nitrogen and oxygen atoms in total. The number of hydrogen-bond acceptors (Lipinski definition) is 3. The fraction of sp³-hybridized carbons (Fsp3) is 0.278. The number of ether oxygens (including phenoxy) is 1. The smallest absolute Gasteiger partial charge is 0.328 e. The molecule has 0 aliphatic carbocycles. The normalized spacial score (nSPS) is 14.3. The maximum atomic E-state index is 14.0. The highest BCUT2D eigenvalue weighted by atomic mass is 19.1. The number of benzene rings is 1. The molecule has 2 unspecified atom stereocenters. The van der Waals surface area contributed by atoms with Crippen molar-refractivity contribution >= 4 is 5.97 Å². The summed E-state index contributed by atoms with van der Waals surface area (Å²) in [5.41, 5.74) is 1.02. The maximum Gasteiger partial charge on any atom is 0.328 e. The first-order valence-corrected chi connectivity index (χ1v) is 6.98. The van der Waals surface area contributed by atoms with Gasteiger partial charge in [-0.2, -0.15) is 0 Å². The molecule has 0 amide bonds. The van der Waals surface area contributed by atoms with E-state index in [4.69, 9.17) is 4.74 Å². The Balaban J connectivity index is 3.01. The predicted octanol–water partition coefficient (Wildman–Crippen LogP) is 3.66. The van der Waals surface area contributed by atoms with Gasteiger partial charge in [-0.1, -0.05) is 49.6 Å². The first-order valence-electron chi connectivity index (χ1n) is 6.98. The van der Waals surface area contributed by atoms with Crippen molar-refractivity contribution in [3.05, 3.63) is 72.6 Å². The van der Waals surface area contributed by atoms with Crippen LogP contribution >= 0.6 is 0 Å². The highest BCUT2D eigenvalue weighted by molar-refractivity contribution is 5.78. The first kappa shape index (κ1) is 17.9. The second-order valence-electron chi connectivity index (χ2n) is 5.07. The number of halogens is 1. The maximum absolute atomic E-state index is 14.0. The summed E-state index contributed by atoms with van der Waals surface area (Å²) < 4.78 is 19.4. The second-order valence-corrected chi connectivity index (χ2v) is 5.07. The van der Waals surface area contributed by atoms with E-state index in [1.807, 2.05) is 0 Å². The molecule has 2 atom stereocenters. The van der Waals surface area contributed by atoms with Crippen LogP contribution in [0.2, 0.25) is 0 Å². The van der Waals surface area contributed by atoms with E-state index in [9.17, 15) is 9.18 Å². The van der Waals surface area contributed by atoms with Gasteiger partial charge in [-0.25, -0.2) is 9.18 Å². The number of carbonyl (C=O) groups is 1. The quantitative estimate of drug-likeness (QED) is 0.569. The molecule has 0 fully saturated rings. The summed E-state index contributed by atoms with van der Waals surface area (Å²) in [7, 11) is 3.41. The fourth-order valence-corrected chi connectivity index (χ4v) is 2.13. The first-order chi connectivity index (χ1) is 10.4. The summed E-state index contributed by atoms with van der Waals surface area (Å²) in [5, 5.41) is 0. The van der Waals surface area contributed by atoms with Gasteiger partial charge in [-0.3, -0.25) is 4.90 Å². The Labute approximate surface area is 131 Å². The molecule has 0 aliphatic heterocycles. The van der Waals surface area contributed by atoms with Crippen molar-refractivity contribution in [1.29, 1.82) is 0 Å². The summed E-state index contributed by atoms with van der Waals surface area (Å²) in [4.78, 5) is 14.1. The van der Waals surface area contributed by atoms with Crippen LogP contribution in [0.4, 0.5) is 4.39 Å². The van der Waals surface area contributed by atoms with Crippen molar-refractivity contribution in [2.45, 2.75) is 19.1 Å². The van der Waals surface area contributed by atoms with E-state index in [0.717, 1.165) is 5.57 Å². The molecule has 0 heterocycles. The van der Waals surface area contributed by atoms with Crippen molar-refractivity contribution in [3.8, 4) is 0 Å². The van der Waals surface area contributed by atoms with E-state index in [-0.39, 0.29) is 5.56 Å². The highest BCUT2D eigenvalue weighted by Crippen LogP contribution is 2.24. The van der Waals surface area contributed by atoms with Gasteiger partial charge >= 0.3 is 5.97 Å². The second kappa shape index (κ2) is 8.29. The SMILES string of the molecule is C=C/C=C(\C=C)C(C)OC(=O)C(c1ccccc1F)N(C)C. The third-order valence-corrected chi connectivity index (χ3v) is 3.25. The van der Waals surface area contributed by atoms with Gasteiger partial charge in [0.05, 0.1) is 0 Å². The van der Waals surface area contributed by atoms with Gasteiger partial charge in [-0.15, -0.1) is 0 Å². The van der Waals surface area contributed by atoms with Crippen LogP contribution in [-0.4, -0.2) is 31.1 Å². The average Bonchev–Trinajstić information content (AvgIpc) is 2.46. The number of carbonyl (C=O) groups excluding carboxylic acids is 1. The molecule has 0 spiro atoms. The summed E-state index contributed by atoms with van der Waals surface area (Å²) in [6.07, 6.45) is 4.44. The van der Waals surface area contributed by atoms with Crippen molar-refractivity contribution in [2.75, 3.05) is 14.1 Å². The molecule has 118 valence electrons. The van der Waals surface area contributed by atoms with Gasteiger partial charge < -0.3 is 4.74 Å². The molecule has 0 aliphatic rings. The van der Waals surface area contributed by atoms with Crippen LogP contribution in [-0.2, 0) is 9.53 Å². The minimum absolute atomic E-state index is 0.289. The third kappa shape index (κ3) is 4.40. The van der Waals surface area contributed by atoms with Gasteiger partial charge in [0.1, 0.15) is 18.0 Å². The van der Waals surface area contributed by atoms with E-state index in [2.05, 4.69) is 13.2 Å². The van der Waals surface area contributed by atoms with Crippen molar-refractivity contribution in [1.82, 2.24) is 4.90 Å². The zero-order valence-corrected chi connectivity index (χ0v) is 13.3. The van der Waals surface area contributed by atoms with Crippen LogP contribution in [0.5, 0.6) is 0 Å². The molecule has 1 rings (SSSR count). The Morgan fingerprint density at radius 1 is 1.32 bits per heavy atom. The molecule has 1 aromatic rings. The van der Waals surface area contributed by atoms with Gasteiger partial charge in [0, 0.05) is 5.56 Å². The van der Waals surface area contributed by atoms with Gasteiger partial charge in [-0.05, 0) is 32.7 Å². The molecule has 0 aromatic heterocycles. The summed E-state index contributed by atoms with van der Waals surface area (Å²) in [5.74, 6) is -0.948. The largest absolute Gasteiger partial charge is 0.456 e. The van der Waals surface area contributed by atoms with Crippen LogP contribution in [0.1, 0.15) is 18.5 Å². The minimum atomic E-state index is -0.807. The van der Waals surface area contributed by atoms with Crippen LogP contribution in [0, 0.1) is 5.82 Å². The Hall–Kier alpha value is -2.20. The Kier molecular flexibility index (Phi) is 6.73. The molecular formula is C18H22FNO2. The van der Waals surface area contributed by atoms with Crippen molar-refractivity contribution in [3.63, 3.8) is 0 Å². The molecule has 1 aromatic carbocycles. The van der Waals surface area contributed by atoms with Crippen LogP contribution in [0.25, 0.3) is 0 Å². The molecule has 0 N–H and O–H groups in total. The van der Waals surface area contributed by atoms with E-state index in [1.165, 1.54) is 6.07 Å². The number of hydrogen-bond donors (Lipinski definition) is 0. The minimum Gasteiger partial charge on any atom is -0.456 e. The lowest BCUT2D eigenvalue weighted by Crippen LogP contribution is -2.32. The lowest BCUT2D eigenvalue weighted by Gasteiger charge is -2.25. The zero-order chi connectivity index (χ0) is 16.7. The number of rotatable bonds is 7. The third-order valence-electron chi connectivity index (χ3n) is 3.25. The van der Waals surface area contributed by atoms with Crippen LogP contribution in [0.3, 0.4) is 0 Å². The van der Waals surface area contributed by atoms with E-state index < -0.39 is 23.9 Å². The number of nitrogens with zero attached hydrogens (tertiary/aromatic N) is 1.